The molecule has 0 aliphatic heterocycles. The van der Waals surface area contributed by atoms with Gasteiger partial charge in [-0.1, -0.05) is 0 Å². The van der Waals surface area contributed by atoms with Gasteiger partial charge in [-0.3, -0.25) is 9.79 Å². The lowest BCUT2D eigenvalue weighted by atomic mass is 10.1. The van der Waals surface area contributed by atoms with E-state index in [4.69, 9.17) is 0 Å². The molecule has 1 saturated carbocycles. The van der Waals surface area contributed by atoms with E-state index in [1.807, 2.05) is 6.92 Å². The van der Waals surface area contributed by atoms with Crippen molar-refractivity contribution in [1.82, 2.24) is 20.9 Å². The second-order valence-electron chi connectivity index (χ2n) is 6.39. The first-order valence-corrected chi connectivity index (χ1v) is 7.84. The normalized spacial score (nSPS) is 15.3. The molecule has 0 bridgehead atoms. The molecular weight excluding hydrogens is 393 g/mol. The van der Waals surface area contributed by atoms with Crippen LogP contribution < -0.4 is 16.0 Å². The maximum absolute atomic E-state index is 11.5. The van der Waals surface area contributed by atoms with E-state index < -0.39 is 0 Å². The topological polar surface area (TPSA) is 68.8 Å². The molecule has 0 spiro atoms. The predicted molar refractivity (Wildman–Crippen MR) is 103 cm³/mol. The molecule has 6 nitrogen and oxygen atoms in total. The quantitative estimate of drug-likeness (QED) is 0.235. The molecule has 22 heavy (non-hydrogen) atoms. The van der Waals surface area contributed by atoms with Crippen molar-refractivity contribution in [3.05, 3.63) is 0 Å². The Labute approximate surface area is 151 Å². The fourth-order valence-electron chi connectivity index (χ4n) is 1.61. The van der Waals surface area contributed by atoms with E-state index in [0.29, 0.717) is 19.6 Å². The van der Waals surface area contributed by atoms with Gasteiger partial charge in [0.2, 0.25) is 5.91 Å². The van der Waals surface area contributed by atoms with Crippen molar-refractivity contribution in [2.75, 3.05) is 40.3 Å². The minimum absolute atomic E-state index is 0. The van der Waals surface area contributed by atoms with Gasteiger partial charge in [0.25, 0.3) is 0 Å². The Morgan fingerprint density at radius 2 is 1.77 bits per heavy atom. The zero-order chi connectivity index (χ0) is 15.9. The summed E-state index contributed by atoms with van der Waals surface area (Å²) in [4.78, 5) is 18.3. The standard InChI is InChI=1S/C15H31N5O.HI/c1-6-16-14(19-11-15(2,3)20(4)5)18-10-9-17-13(21)12-7-8-12;/h12H,6-11H2,1-5H3,(H,17,21)(H2,16,18,19);1H. The van der Waals surface area contributed by atoms with E-state index in [2.05, 4.69) is 53.8 Å². The van der Waals surface area contributed by atoms with Crippen LogP contribution in [0.1, 0.15) is 33.6 Å². The molecule has 0 saturated heterocycles. The van der Waals surface area contributed by atoms with Crippen molar-refractivity contribution in [2.45, 2.75) is 39.2 Å². The third kappa shape index (κ3) is 8.17. The predicted octanol–water partition coefficient (Wildman–Crippen LogP) is 1.03. The summed E-state index contributed by atoms with van der Waals surface area (Å²) in [5.41, 5.74) is 0.0164. The molecule has 1 rings (SSSR count). The molecule has 0 heterocycles. The second kappa shape index (κ2) is 10.3. The summed E-state index contributed by atoms with van der Waals surface area (Å²) in [6.45, 7) is 9.23. The molecule has 1 fully saturated rings. The fraction of sp³-hybridized carbons (Fsp3) is 0.867. The first-order chi connectivity index (χ1) is 9.86. The molecule has 3 N–H and O–H groups in total. The fourth-order valence-corrected chi connectivity index (χ4v) is 1.61. The number of guanidine groups is 1. The zero-order valence-corrected chi connectivity index (χ0v) is 16.9. The SMILES string of the molecule is CCNC(=NCC(C)(C)N(C)C)NCCNC(=O)C1CC1.I. The highest BCUT2D eigenvalue weighted by molar-refractivity contribution is 14.0. The molecule has 0 aromatic rings. The molecule has 0 aromatic heterocycles. The first kappa shape index (κ1) is 21.4. The van der Waals surface area contributed by atoms with Gasteiger partial charge in [0, 0.05) is 31.1 Å². The largest absolute Gasteiger partial charge is 0.357 e. The monoisotopic (exact) mass is 425 g/mol. The third-order valence-corrected chi connectivity index (χ3v) is 3.84. The Morgan fingerprint density at radius 1 is 1.18 bits per heavy atom. The van der Waals surface area contributed by atoms with Crippen LogP contribution in [0.15, 0.2) is 4.99 Å². The highest BCUT2D eigenvalue weighted by Gasteiger charge is 2.29. The minimum atomic E-state index is 0. The van der Waals surface area contributed by atoms with Crippen molar-refractivity contribution in [3.8, 4) is 0 Å². The van der Waals surface area contributed by atoms with Crippen LogP contribution >= 0.6 is 24.0 Å². The summed E-state index contributed by atoms with van der Waals surface area (Å²) in [6, 6.07) is 0. The molecule has 130 valence electrons. The van der Waals surface area contributed by atoms with Crippen molar-refractivity contribution in [3.63, 3.8) is 0 Å². The van der Waals surface area contributed by atoms with E-state index in [0.717, 1.165) is 25.3 Å². The molecule has 0 unspecified atom stereocenters. The average molecular weight is 425 g/mol. The molecule has 0 aromatic carbocycles. The van der Waals surface area contributed by atoms with Crippen LogP contribution in [0.5, 0.6) is 0 Å². The molecule has 0 radical (unpaired) electrons. The number of hydrogen-bond donors (Lipinski definition) is 3. The lowest BCUT2D eigenvalue weighted by Gasteiger charge is -2.31. The van der Waals surface area contributed by atoms with Crippen LogP contribution in [-0.2, 0) is 4.79 Å². The molecular formula is C15H32IN5O. The Hall–Kier alpha value is -0.570. The average Bonchev–Trinajstić information content (AvgIpc) is 3.24. The van der Waals surface area contributed by atoms with Gasteiger partial charge in [0.15, 0.2) is 5.96 Å². The van der Waals surface area contributed by atoms with Crippen molar-refractivity contribution < 1.29 is 4.79 Å². The Morgan fingerprint density at radius 3 is 2.27 bits per heavy atom. The first-order valence-electron chi connectivity index (χ1n) is 7.84. The lowest BCUT2D eigenvalue weighted by Crippen LogP contribution is -2.45. The van der Waals surface area contributed by atoms with Crippen molar-refractivity contribution in [1.29, 1.82) is 0 Å². The van der Waals surface area contributed by atoms with Gasteiger partial charge in [-0.05, 0) is 47.7 Å². The Kier molecular flexibility index (Phi) is 9.99. The van der Waals surface area contributed by atoms with Gasteiger partial charge >= 0.3 is 0 Å². The van der Waals surface area contributed by atoms with Crippen LogP contribution in [0, 0.1) is 5.92 Å². The van der Waals surface area contributed by atoms with Gasteiger partial charge in [-0.25, -0.2) is 0 Å². The number of halogens is 1. The number of amides is 1. The molecule has 1 aliphatic carbocycles. The second-order valence-corrected chi connectivity index (χ2v) is 6.39. The molecule has 1 amide bonds. The Bertz CT molecular complexity index is 367. The molecule has 1 aliphatic rings. The summed E-state index contributed by atoms with van der Waals surface area (Å²) >= 11 is 0. The van der Waals surface area contributed by atoms with E-state index in [1.54, 1.807) is 0 Å². The van der Waals surface area contributed by atoms with Gasteiger partial charge < -0.3 is 20.9 Å². The van der Waals surface area contributed by atoms with E-state index in [-0.39, 0.29) is 41.3 Å². The van der Waals surface area contributed by atoms with Crippen molar-refractivity contribution >= 4 is 35.8 Å². The van der Waals surface area contributed by atoms with E-state index >= 15 is 0 Å². The van der Waals surface area contributed by atoms with Gasteiger partial charge in [-0.15, -0.1) is 24.0 Å². The summed E-state index contributed by atoms with van der Waals surface area (Å²) in [5, 5.41) is 9.42. The minimum Gasteiger partial charge on any atom is -0.357 e. The van der Waals surface area contributed by atoms with Gasteiger partial charge in [0.1, 0.15) is 0 Å². The maximum Gasteiger partial charge on any atom is 0.223 e. The van der Waals surface area contributed by atoms with Crippen LogP contribution in [0.4, 0.5) is 0 Å². The summed E-state index contributed by atoms with van der Waals surface area (Å²) in [5.74, 6) is 1.26. The highest BCUT2D eigenvalue weighted by atomic mass is 127. The summed E-state index contributed by atoms with van der Waals surface area (Å²) < 4.78 is 0. The maximum atomic E-state index is 11.5. The van der Waals surface area contributed by atoms with Crippen LogP contribution in [0.3, 0.4) is 0 Å². The number of nitrogens with zero attached hydrogens (tertiary/aromatic N) is 2. The number of nitrogens with one attached hydrogen (secondary N) is 3. The Balaban J connectivity index is 0.00000441. The van der Waals surface area contributed by atoms with Crippen LogP contribution in [0.2, 0.25) is 0 Å². The van der Waals surface area contributed by atoms with E-state index in [9.17, 15) is 4.79 Å². The van der Waals surface area contributed by atoms with Gasteiger partial charge in [-0.2, -0.15) is 0 Å². The number of rotatable bonds is 8. The van der Waals surface area contributed by atoms with E-state index in [1.165, 1.54) is 0 Å². The number of likely N-dealkylation sites (N-methyl/N-ethyl adjacent to an activating group) is 1. The zero-order valence-electron chi connectivity index (χ0n) is 14.5. The number of hydrogen-bond acceptors (Lipinski definition) is 3. The molecule has 0 atom stereocenters. The highest BCUT2D eigenvalue weighted by Crippen LogP contribution is 2.28. The summed E-state index contributed by atoms with van der Waals surface area (Å²) in [6.07, 6.45) is 2.09. The molecule has 7 heteroatoms. The van der Waals surface area contributed by atoms with Crippen LogP contribution in [0.25, 0.3) is 0 Å². The summed E-state index contributed by atoms with van der Waals surface area (Å²) in [7, 11) is 4.12. The number of aliphatic imine (C=N–C) groups is 1. The van der Waals surface area contributed by atoms with Gasteiger partial charge in [0.05, 0.1) is 6.54 Å². The van der Waals surface area contributed by atoms with Crippen LogP contribution in [-0.4, -0.2) is 62.6 Å². The smallest absolute Gasteiger partial charge is 0.223 e. The number of carbonyl (C=O) groups is 1. The van der Waals surface area contributed by atoms with Crippen molar-refractivity contribution in [2.24, 2.45) is 10.9 Å². The third-order valence-electron chi connectivity index (χ3n) is 3.84. The lowest BCUT2D eigenvalue weighted by molar-refractivity contribution is -0.122. The number of carbonyl (C=O) groups excluding carboxylic acids is 1.